The van der Waals surface area contributed by atoms with E-state index < -0.39 is 0 Å². The van der Waals surface area contributed by atoms with Crippen molar-refractivity contribution in [1.82, 2.24) is 0 Å². The molecule has 0 amide bonds. The monoisotopic (exact) mass is 389 g/mol. The molecule has 3 nitrogen and oxygen atoms in total. The molecule has 0 aliphatic heterocycles. The smallest absolute Gasteiger partial charge is 0.129 e. The zero-order valence-electron chi connectivity index (χ0n) is 18.4. The number of carbonyl (C=O) groups is 1. The summed E-state index contributed by atoms with van der Waals surface area (Å²) in [6.45, 7) is 8.84. The zero-order valence-corrected chi connectivity index (χ0v) is 18.4. The Morgan fingerprint density at radius 1 is 1.14 bits per heavy atom. The Kier molecular flexibility index (Phi) is 5.49. The maximum absolute atomic E-state index is 11.5. The van der Waals surface area contributed by atoms with Crippen molar-refractivity contribution in [3.63, 3.8) is 0 Å². The van der Waals surface area contributed by atoms with Crippen LogP contribution in [0.4, 0.5) is 0 Å². The molecule has 0 bridgehead atoms. The molecule has 0 aromatic heterocycles. The van der Waals surface area contributed by atoms with Crippen LogP contribution in [0.15, 0.2) is 0 Å². The summed E-state index contributed by atoms with van der Waals surface area (Å²) >= 11 is 0. The Labute approximate surface area is 171 Å². The van der Waals surface area contributed by atoms with E-state index in [0.29, 0.717) is 41.9 Å². The van der Waals surface area contributed by atoms with E-state index in [1.165, 1.54) is 12.8 Å². The van der Waals surface area contributed by atoms with Crippen LogP contribution < -0.4 is 0 Å². The van der Waals surface area contributed by atoms with Gasteiger partial charge in [0.2, 0.25) is 0 Å². The van der Waals surface area contributed by atoms with Crippen molar-refractivity contribution < 1.29 is 15.0 Å². The number of ketones is 1. The van der Waals surface area contributed by atoms with Crippen LogP contribution in [0.2, 0.25) is 0 Å². The highest BCUT2D eigenvalue weighted by Gasteiger charge is 2.63. The molecule has 4 aliphatic rings. The van der Waals surface area contributed by atoms with Crippen molar-refractivity contribution in [3.8, 4) is 0 Å². The fourth-order valence-corrected chi connectivity index (χ4v) is 8.43. The maximum Gasteiger partial charge on any atom is 0.129 e. The zero-order chi connectivity index (χ0) is 20.3. The highest BCUT2D eigenvalue weighted by atomic mass is 16.3. The lowest BCUT2D eigenvalue weighted by Gasteiger charge is -2.62. The molecular weight excluding hydrogens is 348 g/mol. The average Bonchev–Trinajstić information content (AvgIpc) is 3.00. The van der Waals surface area contributed by atoms with Gasteiger partial charge in [0.1, 0.15) is 5.78 Å². The van der Waals surface area contributed by atoms with E-state index in [9.17, 15) is 15.0 Å². The summed E-state index contributed by atoms with van der Waals surface area (Å²) in [6, 6.07) is 0. The molecular formula is C25H41O3. The summed E-state index contributed by atoms with van der Waals surface area (Å²) < 4.78 is 0. The highest BCUT2D eigenvalue weighted by Crippen LogP contribution is 2.68. The number of fused-ring (bicyclic) bond motifs is 5. The Bertz CT molecular complexity index is 603. The molecule has 0 spiro atoms. The minimum atomic E-state index is -0.234. The van der Waals surface area contributed by atoms with Gasteiger partial charge in [0.05, 0.1) is 12.2 Å². The van der Waals surface area contributed by atoms with E-state index >= 15 is 0 Å². The molecule has 0 aromatic carbocycles. The second kappa shape index (κ2) is 7.38. The summed E-state index contributed by atoms with van der Waals surface area (Å²) in [5.74, 6) is 3.67. The number of aliphatic hydroxyl groups is 2. The Morgan fingerprint density at radius 2 is 1.89 bits per heavy atom. The largest absolute Gasteiger partial charge is 0.393 e. The number of hydrogen-bond donors (Lipinski definition) is 2. The van der Waals surface area contributed by atoms with E-state index in [-0.39, 0.29) is 28.8 Å². The predicted molar refractivity (Wildman–Crippen MR) is 111 cm³/mol. The van der Waals surface area contributed by atoms with Gasteiger partial charge in [0.15, 0.2) is 0 Å². The number of hydrogen-bond acceptors (Lipinski definition) is 3. The first-order chi connectivity index (χ1) is 13.2. The van der Waals surface area contributed by atoms with Crippen LogP contribution in [-0.2, 0) is 4.79 Å². The number of rotatable bonds is 4. The van der Waals surface area contributed by atoms with Gasteiger partial charge in [0, 0.05) is 6.42 Å². The molecule has 4 saturated carbocycles. The molecule has 3 heteroatoms. The van der Waals surface area contributed by atoms with Crippen LogP contribution in [0.25, 0.3) is 0 Å². The lowest BCUT2D eigenvalue weighted by atomic mass is 9.43. The summed E-state index contributed by atoms with van der Waals surface area (Å²) in [6.07, 6.45) is 11.4. The predicted octanol–water partition coefficient (Wildman–Crippen LogP) is 4.80. The van der Waals surface area contributed by atoms with Gasteiger partial charge in [0.25, 0.3) is 0 Å². The minimum absolute atomic E-state index is 0.00868. The third-order valence-electron chi connectivity index (χ3n) is 10.2. The van der Waals surface area contributed by atoms with E-state index in [1.54, 1.807) is 6.92 Å². The molecule has 2 N–H and O–H groups in total. The minimum Gasteiger partial charge on any atom is -0.393 e. The van der Waals surface area contributed by atoms with Gasteiger partial charge >= 0.3 is 0 Å². The average molecular weight is 390 g/mol. The molecule has 6 unspecified atom stereocenters. The second-order valence-corrected chi connectivity index (χ2v) is 11.4. The molecule has 0 heterocycles. The summed E-state index contributed by atoms with van der Waals surface area (Å²) in [7, 11) is 0. The summed E-state index contributed by atoms with van der Waals surface area (Å²) in [5.41, 5.74) is 0.268. The van der Waals surface area contributed by atoms with Gasteiger partial charge < -0.3 is 15.0 Å². The maximum atomic E-state index is 11.5. The van der Waals surface area contributed by atoms with Crippen LogP contribution in [0.3, 0.4) is 0 Å². The van der Waals surface area contributed by atoms with Crippen molar-refractivity contribution in [2.75, 3.05) is 0 Å². The first kappa shape index (κ1) is 20.8. The van der Waals surface area contributed by atoms with Crippen molar-refractivity contribution in [1.29, 1.82) is 0 Å². The van der Waals surface area contributed by atoms with Gasteiger partial charge in [-0.15, -0.1) is 0 Å². The van der Waals surface area contributed by atoms with Gasteiger partial charge in [-0.2, -0.15) is 0 Å². The molecule has 1 radical (unpaired) electrons. The van der Waals surface area contributed by atoms with Gasteiger partial charge in [-0.25, -0.2) is 0 Å². The van der Waals surface area contributed by atoms with E-state index in [0.717, 1.165) is 38.5 Å². The van der Waals surface area contributed by atoms with Crippen molar-refractivity contribution in [2.24, 2.45) is 46.3 Å². The van der Waals surface area contributed by atoms with E-state index in [1.807, 2.05) is 0 Å². The van der Waals surface area contributed by atoms with Crippen molar-refractivity contribution in [3.05, 3.63) is 6.42 Å². The normalized spacial score (nSPS) is 51.7. The van der Waals surface area contributed by atoms with Crippen LogP contribution in [0.1, 0.15) is 85.5 Å². The summed E-state index contributed by atoms with van der Waals surface area (Å²) in [5, 5.41) is 21.7. The molecule has 28 heavy (non-hydrogen) atoms. The molecule has 0 saturated heterocycles. The lowest BCUT2D eigenvalue weighted by molar-refractivity contribution is -0.160. The Hall–Kier alpha value is -0.410. The molecule has 0 aromatic rings. The van der Waals surface area contributed by atoms with Crippen LogP contribution in [0.5, 0.6) is 0 Å². The quantitative estimate of drug-likeness (QED) is 0.726. The molecule has 10 atom stereocenters. The Balaban J connectivity index is 1.56. The number of carbonyl (C=O) groups excluding carboxylic acids is 1. The van der Waals surface area contributed by atoms with Crippen LogP contribution >= 0.6 is 0 Å². The fourth-order valence-electron chi connectivity index (χ4n) is 8.43. The van der Waals surface area contributed by atoms with Crippen molar-refractivity contribution >= 4 is 5.78 Å². The van der Waals surface area contributed by atoms with E-state index in [4.69, 9.17) is 0 Å². The first-order valence-corrected chi connectivity index (χ1v) is 11.9. The van der Waals surface area contributed by atoms with Gasteiger partial charge in [-0.3, -0.25) is 0 Å². The Morgan fingerprint density at radius 3 is 2.61 bits per heavy atom. The van der Waals surface area contributed by atoms with Crippen LogP contribution in [-0.4, -0.2) is 28.2 Å². The number of aliphatic hydroxyl groups excluding tert-OH is 2. The molecule has 4 aliphatic carbocycles. The number of Topliss-reactive ketones (excluding diaryl/α,β-unsaturated/α-hetero) is 1. The van der Waals surface area contributed by atoms with Crippen LogP contribution in [0, 0.1) is 52.8 Å². The summed E-state index contributed by atoms with van der Waals surface area (Å²) in [4.78, 5) is 11.5. The standard InChI is InChI=1S/C25H41O3/c1-15(5-6-16(2)26)20-9-10-21-19-8-7-17-13-18(27)11-12-24(17,3)22(19)14-23(28)25(20,21)4/h8,15,17-23,27-28H,5-7,9-14H2,1-4H3/t15?,17?,18-,19?,20?,21?,22?,23+,24+,25-/m1/s1. The third-order valence-corrected chi connectivity index (χ3v) is 10.2. The first-order valence-electron chi connectivity index (χ1n) is 11.9. The SMILES string of the molecule is CC(=O)CCC(C)C1CCC2C3[CH]CC4C[C@H](O)CC[C@]4(C)C3C[C@H](O)[C@]12C. The third kappa shape index (κ3) is 3.11. The fraction of sp³-hybridized carbons (Fsp3) is 0.920. The van der Waals surface area contributed by atoms with Gasteiger partial charge in [-0.1, -0.05) is 20.8 Å². The second-order valence-electron chi connectivity index (χ2n) is 11.4. The lowest BCUT2D eigenvalue weighted by Crippen LogP contribution is -2.59. The molecule has 4 rings (SSSR count). The molecule has 4 fully saturated rings. The van der Waals surface area contributed by atoms with E-state index in [2.05, 4.69) is 27.2 Å². The van der Waals surface area contributed by atoms with Gasteiger partial charge in [-0.05, 0) is 111 Å². The topological polar surface area (TPSA) is 57.5 Å². The van der Waals surface area contributed by atoms with Crippen molar-refractivity contribution in [2.45, 2.75) is 97.7 Å². The molecule has 159 valence electrons. The highest BCUT2D eigenvalue weighted by molar-refractivity contribution is 5.75.